The molecule has 0 bridgehead atoms. The van der Waals surface area contributed by atoms with Crippen LogP contribution in [-0.4, -0.2) is 35.4 Å². The number of hydrogen-bond acceptors (Lipinski definition) is 4. The number of furan rings is 1. The summed E-state index contributed by atoms with van der Waals surface area (Å²) in [5.41, 5.74) is 4.13. The second-order valence-corrected chi connectivity index (χ2v) is 7.48. The predicted molar refractivity (Wildman–Crippen MR) is 103 cm³/mol. The van der Waals surface area contributed by atoms with E-state index in [0.29, 0.717) is 12.1 Å². The molecule has 1 atom stereocenters. The molecule has 1 amide bonds. The molecule has 136 valence electrons. The Morgan fingerprint density at radius 3 is 2.81 bits per heavy atom. The molecule has 0 saturated carbocycles. The molecule has 5 heteroatoms. The van der Waals surface area contributed by atoms with Gasteiger partial charge in [-0.25, -0.2) is 0 Å². The van der Waals surface area contributed by atoms with Crippen LogP contribution in [0.15, 0.2) is 71.7 Å². The SMILES string of the molecule is O=C(c1ccoc1)N1CCC2(C1)CN(Cc1ccccc1)c1cccnc12. The van der Waals surface area contributed by atoms with Crippen molar-refractivity contribution in [2.45, 2.75) is 18.4 Å². The fourth-order valence-electron chi connectivity index (χ4n) is 4.47. The van der Waals surface area contributed by atoms with Crippen LogP contribution in [0.3, 0.4) is 0 Å². The number of pyridine rings is 1. The average Bonchev–Trinajstić information content (AvgIpc) is 3.44. The Hall–Kier alpha value is -3.08. The van der Waals surface area contributed by atoms with Crippen LogP contribution in [0, 0.1) is 0 Å². The molecule has 5 nitrogen and oxygen atoms in total. The first-order chi connectivity index (χ1) is 13.3. The van der Waals surface area contributed by atoms with Gasteiger partial charge in [-0.05, 0) is 30.2 Å². The molecule has 2 aliphatic heterocycles. The first-order valence-electron chi connectivity index (χ1n) is 9.31. The zero-order chi connectivity index (χ0) is 18.3. The van der Waals surface area contributed by atoms with E-state index >= 15 is 0 Å². The van der Waals surface area contributed by atoms with Gasteiger partial charge in [0.15, 0.2) is 0 Å². The van der Waals surface area contributed by atoms with E-state index in [9.17, 15) is 4.79 Å². The molecule has 0 radical (unpaired) electrons. The lowest BCUT2D eigenvalue weighted by molar-refractivity contribution is 0.0783. The zero-order valence-corrected chi connectivity index (χ0v) is 15.0. The lowest BCUT2D eigenvalue weighted by Crippen LogP contribution is -2.38. The number of fused-ring (bicyclic) bond motifs is 2. The third-order valence-corrected chi connectivity index (χ3v) is 5.75. The molecule has 1 spiro atoms. The van der Waals surface area contributed by atoms with Gasteiger partial charge >= 0.3 is 0 Å². The van der Waals surface area contributed by atoms with Gasteiger partial charge < -0.3 is 14.2 Å². The zero-order valence-electron chi connectivity index (χ0n) is 15.0. The minimum absolute atomic E-state index is 0.0413. The van der Waals surface area contributed by atoms with Gasteiger partial charge in [0.2, 0.25) is 0 Å². The summed E-state index contributed by atoms with van der Waals surface area (Å²) < 4.78 is 5.08. The fraction of sp³-hybridized carbons (Fsp3) is 0.273. The molecule has 4 heterocycles. The summed E-state index contributed by atoms with van der Waals surface area (Å²) in [7, 11) is 0. The summed E-state index contributed by atoms with van der Waals surface area (Å²) in [5.74, 6) is 0.0413. The van der Waals surface area contributed by atoms with Crippen molar-refractivity contribution in [3.63, 3.8) is 0 Å². The predicted octanol–water partition coefficient (Wildman–Crippen LogP) is 3.48. The van der Waals surface area contributed by atoms with Gasteiger partial charge in [0, 0.05) is 32.4 Å². The molecule has 2 aliphatic rings. The van der Waals surface area contributed by atoms with E-state index in [-0.39, 0.29) is 11.3 Å². The number of carbonyl (C=O) groups excluding carboxylic acids is 1. The van der Waals surface area contributed by atoms with Crippen molar-refractivity contribution >= 4 is 11.6 Å². The molecule has 1 unspecified atom stereocenters. The van der Waals surface area contributed by atoms with E-state index in [0.717, 1.165) is 31.7 Å². The van der Waals surface area contributed by atoms with Crippen LogP contribution < -0.4 is 4.90 Å². The van der Waals surface area contributed by atoms with E-state index in [1.807, 2.05) is 23.2 Å². The summed E-state index contributed by atoms with van der Waals surface area (Å²) in [4.78, 5) is 21.9. The number of hydrogen-bond donors (Lipinski definition) is 0. The summed E-state index contributed by atoms with van der Waals surface area (Å²) in [6.07, 6.45) is 5.88. The number of nitrogens with zero attached hydrogens (tertiary/aromatic N) is 3. The average molecular weight is 359 g/mol. The molecular weight excluding hydrogens is 338 g/mol. The first-order valence-corrected chi connectivity index (χ1v) is 9.31. The van der Waals surface area contributed by atoms with Crippen molar-refractivity contribution < 1.29 is 9.21 Å². The van der Waals surface area contributed by atoms with Crippen LogP contribution in [-0.2, 0) is 12.0 Å². The monoisotopic (exact) mass is 359 g/mol. The van der Waals surface area contributed by atoms with Gasteiger partial charge in [0.1, 0.15) is 6.26 Å². The molecular formula is C22H21N3O2. The van der Waals surface area contributed by atoms with E-state index in [1.54, 1.807) is 12.3 Å². The van der Waals surface area contributed by atoms with Crippen molar-refractivity contribution in [3.05, 3.63) is 84.1 Å². The highest BCUT2D eigenvalue weighted by Gasteiger charge is 2.49. The van der Waals surface area contributed by atoms with Crippen LogP contribution in [0.4, 0.5) is 5.69 Å². The van der Waals surface area contributed by atoms with Crippen molar-refractivity contribution in [1.82, 2.24) is 9.88 Å². The number of benzene rings is 1. The Kier molecular flexibility index (Phi) is 3.74. The Bertz CT molecular complexity index is 955. The van der Waals surface area contributed by atoms with Gasteiger partial charge in [-0.1, -0.05) is 30.3 Å². The molecule has 1 fully saturated rings. The maximum absolute atomic E-state index is 12.8. The largest absolute Gasteiger partial charge is 0.472 e. The Morgan fingerprint density at radius 1 is 1.11 bits per heavy atom. The molecule has 2 aromatic heterocycles. The molecule has 3 aromatic rings. The quantitative estimate of drug-likeness (QED) is 0.718. The normalized spacial score (nSPS) is 21.0. The maximum atomic E-state index is 12.8. The van der Waals surface area contributed by atoms with Gasteiger partial charge in [0.05, 0.1) is 28.6 Å². The minimum atomic E-state index is -0.0925. The van der Waals surface area contributed by atoms with Gasteiger partial charge in [-0.2, -0.15) is 0 Å². The standard InChI is InChI=1S/C22H21N3O2/c26-21(18-8-12-27-14-18)24-11-9-22(15-24)16-25(13-17-5-2-1-3-6-17)19-7-4-10-23-20(19)22/h1-8,10,12,14H,9,11,13,15-16H2. The molecule has 0 N–H and O–H groups in total. The van der Waals surface area contributed by atoms with Crippen LogP contribution in [0.1, 0.15) is 28.0 Å². The third-order valence-electron chi connectivity index (χ3n) is 5.75. The van der Waals surface area contributed by atoms with E-state index in [1.165, 1.54) is 17.5 Å². The summed E-state index contributed by atoms with van der Waals surface area (Å²) >= 11 is 0. The topological polar surface area (TPSA) is 49.6 Å². The van der Waals surface area contributed by atoms with E-state index in [4.69, 9.17) is 9.40 Å². The van der Waals surface area contributed by atoms with Crippen LogP contribution in [0.25, 0.3) is 0 Å². The second-order valence-electron chi connectivity index (χ2n) is 7.48. The first kappa shape index (κ1) is 16.1. The van der Waals surface area contributed by atoms with Crippen LogP contribution >= 0.6 is 0 Å². The molecule has 0 aliphatic carbocycles. The molecule has 1 saturated heterocycles. The summed E-state index contributed by atoms with van der Waals surface area (Å²) in [5, 5.41) is 0. The molecule has 27 heavy (non-hydrogen) atoms. The summed E-state index contributed by atoms with van der Waals surface area (Å²) in [6, 6.07) is 16.4. The third kappa shape index (κ3) is 2.70. The highest BCUT2D eigenvalue weighted by Crippen LogP contribution is 2.45. The number of rotatable bonds is 3. The smallest absolute Gasteiger partial charge is 0.257 e. The number of aromatic nitrogens is 1. The maximum Gasteiger partial charge on any atom is 0.257 e. The van der Waals surface area contributed by atoms with Gasteiger partial charge in [-0.3, -0.25) is 9.78 Å². The lowest BCUT2D eigenvalue weighted by atomic mass is 9.85. The summed E-state index contributed by atoms with van der Waals surface area (Å²) in [6.45, 7) is 3.20. The van der Waals surface area contributed by atoms with Crippen LogP contribution in [0.2, 0.25) is 0 Å². The number of amides is 1. The Morgan fingerprint density at radius 2 is 2.00 bits per heavy atom. The fourth-order valence-corrected chi connectivity index (χ4v) is 4.47. The number of likely N-dealkylation sites (tertiary alicyclic amines) is 1. The minimum Gasteiger partial charge on any atom is -0.472 e. The van der Waals surface area contributed by atoms with Gasteiger partial charge in [-0.15, -0.1) is 0 Å². The highest BCUT2D eigenvalue weighted by atomic mass is 16.3. The van der Waals surface area contributed by atoms with Crippen molar-refractivity contribution in [2.24, 2.45) is 0 Å². The Balaban J connectivity index is 1.43. The van der Waals surface area contributed by atoms with Crippen molar-refractivity contribution in [1.29, 1.82) is 0 Å². The lowest BCUT2D eigenvalue weighted by Gasteiger charge is -2.25. The van der Waals surface area contributed by atoms with Crippen molar-refractivity contribution in [2.75, 3.05) is 24.5 Å². The Labute approximate surface area is 158 Å². The van der Waals surface area contributed by atoms with E-state index in [2.05, 4.69) is 35.2 Å². The van der Waals surface area contributed by atoms with Gasteiger partial charge in [0.25, 0.3) is 5.91 Å². The molecule has 5 rings (SSSR count). The van der Waals surface area contributed by atoms with Crippen molar-refractivity contribution in [3.8, 4) is 0 Å². The van der Waals surface area contributed by atoms with E-state index < -0.39 is 0 Å². The second kappa shape index (κ2) is 6.27. The molecule has 1 aromatic carbocycles. The van der Waals surface area contributed by atoms with Crippen LogP contribution in [0.5, 0.6) is 0 Å². The number of anilines is 1. The highest BCUT2D eigenvalue weighted by molar-refractivity contribution is 5.94. The number of carbonyl (C=O) groups is 1.